The van der Waals surface area contributed by atoms with Gasteiger partial charge < -0.3 is 10.1 Å². The maximum atomic E-state index is 13.7. The van der Waals surface area contributed by atoms with Gasteiger partial charge in [0, 0.05) is 23.3 Å². The lowest BCUT2D eigenvalue weighted by Gasteiger charge is -2.12. The number of halogens is 1. The minimum absolute atomic E-state index is 0.0175. The van der Waals surface area contributed by atoms with Crippen molar-refractivity contribution in [2.24, 2.45) is 5.92 Å². The van der Waals surface area contributed by atoms with E-state index in [0.29, 0.717) is 35.4 Å². The molecule has 2 aromatic heterocycles. The van der Waals surface area contributed by atoms with Gasteiger partial charge in [0.25, 0.3) is 17.2 Å². The summed E-state index contributed by atoms with van der Waals surface area (Å²) < 4.78 is 22.2. The van der Waals surface area contributed by atoms with Crippen LogP contribution in [0, 0.1) is 11.7 Å². The van der Waals surface area contributed by atoms with Crippen LogP contribution in [-0.4, -0.2) is 31.7 Å². The van der Waals surface area contributed by atoms with Gasteiger partial charge in [-0.15, -0.1) is 11.8 Å². The van der Waals surface area contributed by atoms with E-state index in [1.807, 2.05) is 12.1 Å². The molecule has 2 heterocycles. The van der Waals surface area contributed by atoms with Crippen molar-refractivity contribution in [2.75, 3.05) is 11.9 Å². The molecule has 0 radical (unpaired) electrons. The molecule has 8 nitrogen and oxygen atoms in total. The Morgan fingerprint density at radius 3 is 2.74 bits per heavy atom. The Bertz CT molecular complexity index is 1370. The highest BCUT2D eigenvalue weighted by Gasteiger charge is 2.12. The van der Waals surface area contributed by atoms with Gasteiger partial charge in [-0.05, 0) is 30.2 Å². The van der Waals surface area contributed by atoms with E-state index in [0.717, 1.165) is 4.90 Å². The fourth-order valence-corrected chi connectivity index (χ4v) is 4.22. The summed E-state index contributed by atoms with van der Waals surface area (Å²) in [5.74, 6) is 0.217. The van der Waals surface area contributed by atoms with Crippen molar-refractivity contribution < 1.29 is 13.9 Å². The van der Waals surface area contributed by atoms with E-state index in [4.69, 9.17) is 4.74 Å². The molecule has 0 spiro atoms. The standard InChI is InChI=1S/C24H24FN5O3S/c1-16(2)12-29-15-26-24-27-17(11-23(32)30(24)29)14-34-21-10-6-4-8-19(21)28-22(31)13-33-20-9-5-3-7-18(20)25/h3-11,15-16H,12-14H2,1-2H3,(H,28,31). The van der Waals surface area contributed by atoms with E-state index in [2.05, 4.69) is 29.1 Å². The molecule has 10 heteroatoms. The monoisotopic (exact) mass is 481 g/mol. The van der Waals surface area contributed by atoms with Crippen molar-refractivity contribution in [3.63, 3.8) is 0 Å². The highest BCUT2D eigenvalue weighted by Crippen LogP contribution is 2.29. The van der Waals surface area contributed by atoms with E-state index in [1.54, 1.807) is 35.3 Å². The summed E-state index contributed by atoms with van der Waals surface area (Å²) in [5.41, 5.74) is 0.994. The van der Waals surface area contributed by atoms with Crippen LogP contribution >= 0.6 is 11.8 Å². The summed E-state index contributed by atoms with van der Waals surface area (Å²) >= 11 is 1.43. The minimum Gasteiger partial charge on any atom is -0.481 e. The van der Waals surface area contributed by atoms with E-state index in [1.165, 1.54) is 34.5 Å². The summed E-state index contributed by atoms with van der Waals surface area (Å²) in [7, 11) is 0. The number of nitrogens with zero attached hydrogens (tertiary/aromatic N) is 4. The van der Waals surface area contributed by atoms with Gasteiger partial charge in [-0.2, -0.15) is 9.50 Å². The van der Waals surface area contributed by atoms with Crippen LogP contribution in [0.5, 0.6) is 5.75 Å². The number of aromatic nitrogens is 4. The number of amides is 1. The van der Waals surface area contributed by atoms with Gasteiger partial charge in [-0.25, -0.2) is 9.37 Å². The first-order chi connectivity index (χ1) is 16.4. The Kier molecular flexibility index (Phi) is 7.27. The highest BCUT2D eigenvalue weighted by molar-refractivity contribution is 7.98. The number of hydrogen-bond donors (Lipinski definition) is 1. The minimum atomic E-state index is -0.527. The lowest BCUT2D eigenvalue weighted by Crippen LogP contribution is -2.22. The third-order valence-corrected chi connectivity index (χ3v) is 5.89. The average Bonchev–Trinajstić information content (AvgIpc) is 3.20. The van der Waals surface area contributed by atoms with Crippen molar-refractivity contribution in [3.05, 3.63) is 82.8 Å². The molecule has 0 saturated carbocycles. The van der Waals surface area contributed by atoms with Gasteiger partial charge >= 0.3 is 0 Å². The highest BCUT2D eigenvalue weighted by atomic mass is 32.2. The number of hydrogen-bond acceptors (Lipinski definition) is 6. The number of anilines is 1. The zero-order valence-electron chi connectivity index (χ0n) is 18.8. The number of benzene rings is 2. The smallest absolute Gasteiger partial charge is 0.274 e. The van der Waals surface area contributed by atoms with Crippen molar-refractivity contribution >= 4 is 29.1 Å². The molecule has 0 unspecified atom stereocenters. The predicted molar refractivity (Wildman–Crippen MR) is 129 cm³/mol. The molecule has 4 aromatic rings. The van der Waals surface area contributed by atoms with Crippen molar-refractivity contribution in [1.82, 2.24) is 19.2 Å². The second-order valence-electron chi connectivity index (χ2n) is 8.01. The summed E-state index contributed by atoms with van der Waals surface area (Å²) in [6.45, 7) is 4.48. The summed E-state index contributed by atoms with van der Waals surface area (Å²) in [6.07, 6.45) is 1.62. The second-order valence-corrected chi connectivity index (χ2v) is 9.03. The number of carbonyl (C=O) groups is 1. The fraction of sp³-hybridized carbons (Fsp3) is 0.250. The third kappa shape index (κ3) is 5.63. The quantitative estimate of drug-likeness (QED) is 0.364. The zero-order valence-corrected chi connectivity index (χ0v) is 19.6. The molecular formula is C24H24FN5O3S. The molecule has 0 atom stereocenters. The van der Waals surface area contributed by atoms with Gasteiger partial charge in [0.1, 0.15) is 6.33 Å². The van der Waals surface area contributed by atoms with E-state index < -0.39 is 11.7 Å². The van der Waals surface area contributed by atoms with Gasteiger partial charge in [0.15, 0.2) is 18.2 Å². The van der Waals surface area contributed by atoms with Gasteiger partial charge in [-0.3, -0.25) is 14.3 Å². The number of carbonyl (C=O) groups excluding carboxylic acids is 1. The summed E-state index contributed by atoms with van der Waals surface area (Å²) in [5, 5.41) is 2.79. The van der Waals surface area contributed by atoms with Gasteiger partial charge in [0.05, 0.1) is 11.4 Å². The molecule has 4 rings (SSSR count). The Balaban J connectivity index is 1.42. The summed E-state index contributed by atoms with van der Waals surface area (Å²) in [4.78, 5) is 34.6. The van der Waals surface area contributed by atoms with Crippen LogP contribution < -0.4 is 15.6 Å². The van der Waals surface area contributed by atoms with Crippen LogP contribution in [-0.2, 0) is 17.1 Å². The maximum absolute atomic E-state index is 13.7. The van der Waals surface area contributed by atoms with Crippen LogP contribution in [0.2, 0.25) is 0 Å². The lowest BCUT2D eigenvalue weighted by atomic mass is 10.2. The topological polar surface area (TPSA) is 90.5 Å². The first kappa shape index (κ1) is 23.5. The molecule has 0 bridgehead atoms. The van der Waals surface area contributed by atoms with E-state index >= 15 is 0 Å². The third-order valence-electron chi connectivity index (χ3n) is 4.78. The zero-order chi connectivity index (χ0) is 24.1. The first-order valence-corrected chi connectivity index (χ1v) is 11.7. The maximum Gasteiger partial charge on any atom is 0.274 e. The normalized spacial score (nSPS) is 11.2. The van der Waals surface area contributed by atoms with Crippen molar-refractivity contribution in [1.29, 1.82) is 0 Å². The predicted octanol–water partition coefficient (Wildman–Crippen LogP) is 4.00. The molecule has 2 aromatic carbocycles. The van der Waals surface area contributed by atoms with Gasteiger partial charge in [-0.1, -0.05) is 38.1 Å². The number of nitrogens with one attached hydrogen (secondary N) is 1. The Morgan fingerprint density at radius 2 is 1.94 bits per heavy atom. The molecular weight excluding hydrogens is 457 g/mol. The van der Waals surface area contributed by atoms with Crippen molar-refractivity contribution in [2.45, 2.75) is 31.0 Å². The molecule has 0 saturated heterocycles. The molecule has 1 N–H and O–H groups in total. The SMILES string of the molecule is CC(C)Cn1cnc2nc(CSc3ccccc3NC(=O)COc3ccccc3F)cc(=O)n21. The first-order valence-electron chi connectivity index (χ1n) is 10.7. The van der Waals surface area contributed by atoms with Crippen molar-refractivity contribution in [3.8, 4) is 5.75 Å². The molecule has 0 aliphatic carbocycles. The molecule has 0 aliphatic heterocycles. The number of ether oxygens (including phenoxy) is 1. The average molecular weight is 482 g/mol. The van der Waals surface area contributed by atoms with Crippen LogP contribution in [0.1, 0.15) is 19.5 Å². The molecule has 0 aliphatic rings. The molecule has 0 fully saturated rings. The van der Waals surface area contributed by atoms with Gasteiger partial charge in [0.2, 0.25) is 0 Å². The lowest BCUT2D eigenvalue weighted by molar-refractivity contribution is -0.118. The van der Waals surface area contributed by atoms with Crippen LogP contribution in [0.4, 0.5) is 10.1 Å². The molecule has 34 heavy (non-hydrogen) atoms. The second kappa shape index (κ2) is 10.5. The molecule has 176 valence electrons. The Labute approximate surface area is 199 Å². The number of rotatable bonds is 9. The van der Waals surface area contributed by atoms with E-state index in [9.17, 15) is 14.0 Å². The van der Waals surface area contributed by atoms with Crippen LogP contribution in [0.15, 0.2) is 70.6 Å². The van der Waals surface area contributed by atoms with Crippen LogP contribution in [0.3, 0.4) is 0 Å². The number of thioether (sulfide) groups is 1. The van der Waals surface area contributed by atoms with E-state index in [-0.39, 0.29) is 17.9 Å². The summed E-state index contributed by atoms with van der Waals surface area (Å²) in [6, 6.07) is 14.7. The number of para-hydroxylation sites is 2. The molecule has 1 amide bonds. The fourth-order valence-electron chi connectivity index (χ4n) is 3.32. The Hall–Kier alpha value is -3.66. The number of fused-ring (bicyclic) bond motifs is 1. The Morgan fingerprint density at radius 1 is 1.18 bits per heavy atom. The largest absolute Gasteiger partial charge is 0.481 e. The van der Waals surface area contributed by atoms with Crippen LogP contribution in [0.25, 0.3) is 5.78 Å².